The maximum atomic E-state index is 11.9. The smallest absolute Gasteiger partial charge is 0.304 e. The van der Waals surface area contributed by atoms with Gasteiger partial charge in [0.25, 0.3) is 10.2 Å². The number of ether oxygens (including phenoxy) is 1. The molecule has 106 valence electrons. The summed E-state index contributed by atoms with van der Waals surface area (Å²) in [5, 5.41) is 8.53. The van der Waals surface area contributed by atoms with E-state index in [0.29, 0.717) is 0 Å². The van der Waals surface area contributed by atoms with Crippen LogP contribution >= 0.6 is 0 Å². The Morgan fingerprint density at radius 1 is 1.50 bits per heavy atom. The van der Waals surface area contributed by atoms with E-state index >= 15 is 0 Å². The molecule has 0 saturated heterocycles. The molecule has 1 fully saturated rings. The molecule has 0 spiro atoms. The molecule has 0 heterocycles. The number of methoxy groups -OCH3 is 1. The number of nitrogens with zero attached hydrogens (tertiary/aromatic N) is 1. The van der Waals surface area contributed by atoms with Crippen molar-refractivity contribution in [2.75, 3.05) is 20.7 Å². The molecule has 2 N–H and O–H groups in total. The number of carbonyl (C=O) groups is 1. The highest BCUT2D eigenvalue weighted by Crippen LogP contribution is 2.22. The second-order valence-electron chi connectivity index (χ2n) is 4.40. The Labute approximate surface area is 107 Å². The lowest BCUT2D eigenvalue weighted by Gasteiger charge is -2.23. The Hall–Kier alpha value is -0.700. The first kappa shape index (κ1) is 15.4. The van der Waals surface area contributed by atoms with Gasteiger partial charge in [-0.2, -0.15) is 17.4 Å². The second-order valence-corrected chi connectivity index (χ2v) is 6.21. The average Bonchev–Trinajstić information content (AvgIpc) is 2.72. The summed E-state index contributed by atoms with van der Waals surface area (Å²) in [6, 6.07) is -0.229. The summed E-state index contributed by atoms with van der Waals surface area (Å²) < 4.78 is 32.6. The summed E-state index contributed by atoms with van der Waals surface area (Å²) in [5.41, 5.74) is 0. The number of aliphatic carboxylic acids is 1. The van der Waals surface area contributed by atoms with E-state index in [1.807, 2.05) is 0 Å². The molecule has 1 rings (SSSR count). The first-order valence-corrected chi connectivity index (χ1v) is 7.29. The molecule has 2 unspecified atom stereocenters. The van der Waals surface area contributed by atoms with Crippen LogP contribution in [0.15, 0.2) is 0 Å². The molecule has 18 heavy (non-hydrogen) atoms. The normalized spacial score (nSPS) is 24.6. The van der Waals surface area contributed by atoms with E-state index in [9.17, 15) is 13.2 Å². The largest absolute Gasteiger partial charge is 0.481 e. The van der Waals surface area contributed by atoms with E-state index in [2.05, 4.69) is 4.72 Å². The van der Waals surface area contributed by atoms with Crippen molar-refractivity contribution in [2.45, 2.75) is 37.8 Å². The first-order chi connectivity index (χ1) is 8.36. The average molecular weight is 280 g/mol. The van der Waals surface area contributed by atoms with E-state index in [0.717, 1.165) is 23.6 Å². The zero-order valence-electron chi connectivity index (χ0n) is 10.6. The fourth-order valence-electron chi connectivity index (χ4n) is 2.00. The lowest BCUT2D eigenvalue weighted by atomic mass is 10.2. The third kappa shape index (κ3) is 4.20. The van der Waals surface area contributed by atoms with Crippen LogP contribution in [0.4, 0.5) is 0 Å². The number of carboxylic acids is 1. The lowest BCUT2D eigenvalue weighted by molar-refractivity contribution is -0.137. The maximum absolute atomic E-state index is 11.9. The summed E-state index contributed by atoms with van der Waals surface area (Å²) in [6.45, 7) is -0.0466. The molecule has 0 aromatic rings. The predicted octanol–water partition coefficient (Wildman–Crippen LogP) is -0.205. The van der Waals surface area contributed by atoms with Gasteiger partial charge in [-0.3, -0.25) is 4.79 Å². The molecule has 0 aromatic heterocycles. The maximum Gasteiger partial charge on any atom is 0.304 e. The molecule has 2 atom stereocenters. The van der Waals surface area contributed by atoms with Crippen LogP contribution in [0.3, 0.4) is 0 Å². The van der Waals surface area contributed by atoms with Crippen LogP contribution in [0, 0.1) is 0 Å². The van der Waals surface area contributed by atoms with E-state index in [1.165, 1.54) is 7.05 Å². The minimum atomic E-state index is -3.64. The van der Waals surface area contributed by atoms with Crippen molar-refractivity contribution in [2.24, 2.45) is 0 Å². The van der Waals surface area contributed by atoms with Crippen LogP contribution in [-0.2, 0) is 19.7 Å². The van der Waals surface area contributed by atoms with Crippen molar-refractivity contribution in [3.05, 3.63) is 0 Å². The van der Waals surface area contributed by atoms with Gasteiger partial charge in [-0.15, -0.1) is 0 Å². The Bertz CT molecular complexity index is 384. The van der Waals surface area contributed by atoms with Gasteiger partial charge in [0.1, 0.15) is 0 Å². The standard InChI is InChI=1S/C10H20N2O5S/c1-12(7-6-10(13)14)18(15,16)11-8-4-3-5-9(8)17-2/h8-9,11H,3-7H2,1-2H3,(H,13,14). The van der Waals surface area contributed by atoms with Crippen LogP contribution < -0.4 is 4.72 Å². The number of hydrogen-bond acceptors (Lipinski definition) is 4. The number of rotatable bonds is 7. The van der Waals surface area contributed by atoms with Crippen molar-refractivity contribution < 1.29 is 23.1 Å². The van der Waals surface area contributed by atoms with Crippen molar-refractivity contribution in [1.29, 1.82) is 0 Å². The van der Waals surface area contributed by atoms with Gasteiger partial charge in [-0.05, 0) is 19.3 Å². The summed E-state index contributed by atoms with van der Waals surface area (Å²) >= 11 is 0. The Kier molecular flexibility index (Phi) is 5.51. The van der Waals surface area contributed by atoms with Gasteiger partial charge in [-0.1, -0.05) is 0 Å². The monoisotopic (exact) mass is 280 g/mol. The van der Waals surface area contributed by atoms with Gasteiger partial charge < -0.3 is 9.84 Å². The van der Waals surface area contributed by atoms with Crippen LogP contribution in [0.5, 0.6) is 0 Å². The quantitative estimate of drug-likeness (QED) is 0.673. The van der Waals surface area contributed by atoms with Crippen molar-refractivity contribution in [3.8, 4) is 0 Å². The zero-order valence-corrected chi connectivity index (χ0v) is 11.4. The summed E-state index contributed by atoms with van der Waals surface area (Å²) in [5.74, 6) is -1.02. The fourth-order valence-corrected chi connectivity index (χ4v) is 3.16. The SMILES string of the molecule is COC1CCCC1NS(=O)(=O)N(C)CCC(=O)O. The lowest BCUT2D eigenvalue weighted by Crippen LogP contribution is -2.47. The molecular weight excluding hydrogens is 260 g/mol. The molecule has 0 radical (unpaired) electrons. The zero-order chi connectivity index (χ0) is 13.8. The second kappa shape index (κ2) is 6.46. The minimum absolute atomic E-state index is 0.0466. The van der Waals surface area contributed by atoms with Crippen molar-refractivity contribution in [1.82, 2.24) is 9.03 Å². The molecular formula is C10H20N2O5S. The fraction of sp³-hybridized carbons (Fsp3) is 0.900. The van der Waals surface area contributed by atoms with E-state index in [-0.39, 0.29) is 25.1 Å². The van der Waals surface area contributed by atoms with Crippen LogP contribution in [0.25, 0.3) is 0 Å². The molecule has 1 aliphatic carbocycles. The summed E-state index contributed by atoms with van der Waals surface area (Å²) in [7, 11) is -0.718. The van der Waals surface area contributed by atoms with Crippen molar-refractivity contribution >= 4 is 16.2 Å². The van der Waals surface area contributed by atoms with Gasteiger partial charge in [0.05, 0.1) is 12.5 Å². The third-order valence-corrected chi connectivity index (χ3v) is 4.71. The molecule has 0 aromatic carbocycles. The molecule has 0 bridgehead atoms. The Balaban J connectivity index is 2.55. The van der Waals surface area contributed by atoms with Crippen LogP contribution in [0.2, 0.25) is 0 Å². The topological polar surface area (TPSA) is 95.9 Å². The molecule has 0 aliphatic heterocycles. The van der Waals surface area contributed by atoms with Crippen LogP contribution in [-0.4, -0.2) is 56.6 Å². The molecule has 8 heteroatoms. The van der Waals surface area contributed by atoms with E-state index in [4.69, 9.17) is 9.84 Å². The highest BCUT2D eigenvalue weighted by atomic mass is 32.2. The highest BCUT2D eigenvalue weighted by Gasteiger charge is 2.32. The Morgan fingerprint density at radius 3 is 2.72 bits per heavy atom. The van der Waals surface area contributed by atoms with Gasteiger partial charge in [0, 0.05) is 26.7 Å². The van der Waals surface area contributed by atoms with E-state index < -0.39 is 16.2 Å². The highest BCUT2D eigenvalue weighted by molar-refractivity contribution is 7.87. The summed E-state index contributed by atoms with van der Waals surface area (Å²) in [6.07, 6.45) is 2.18. The molecule has 0 amide bonds. The number of nitrogens with one attached hydrogen (secondary N) is 1. The third-order valence-electron chi connectivity index (χ3n) is 3.11. The van der Waals surface area contributed by atoms with Gasteiger partial charge in [0.2, 0.25) is 0 Å². The van der Waals surface area contributed by atoms with Gasteiger partial charge in [0.15, 0.2) is 0 Å². The van der Waals surface area contributed by atoms with Crippen molar-refractivity contribution in [3.63, 3.8) is 0 Å². The summed E-state index contributed by atoms with van der Waals surface area (Å²) in [4.78, 5) is 10.4. The minimum Gasteiger partial charge on any atom is -0.481 e. The van der Waals surface area contributed by atoms with Gasteiger partial charge in [-0.25, -0.2) is 0 Å². The first-order valence-electron chi connectivity index (χ1n) is 5.85. The molecule has 1 saturated carbocycles. The van der Waals surface area contributed by atoms with Crippen LogP contribution in [0.1, 0.15) is 25.7 Å². The predicted molar refractivity (Wildman–Crippen MR) is 65.4 cm³/mol. The molecule has 7 nitrogen and oxygen atoms in total. The van der Waals surface area contributed by atoms with E-state index in [1.54, 1.807) is 7.11 Å². The van der Waals surface area contributed by atoms with Gasteiger partial charge >= 0.3 is 5.97 Å². The Morgan fingerprint density at radius 2 is 2.17 bits per heavy atom. The molecule has 1 aliphatic rings. The number of hydrogen-bond donors (Lipinski definition) is 2. The number of carboxylic acid groups (broad SMARTS) is 1.